The molecule has 0 amide bonds. The molecule has 0 atom stereocenters. The number of hydrogen-bond acceptors (Lipinski definition) is 1. The van der Waals surface area contributed by atoms with Crippen LogP contribution in [-0.4, -0.2) is 18.0 Å². The molecule has 1 fully saturated rings. The molecule has 0 N–H and O–H groups in total. The topological polar surface area (TPSA) is 3.24 Å². The number of hydrogen-bond donors (Lipinski definition) is 0. The summed E-state index contributed by atoms with van der Waals surface area (Å²) in [7, 11) is 0. The van der Waals surface area contributed by atoms with E-state index in [1.165, 1.54) is 44.2 Å². The van der Waals surface area contributed by atoms with Crippen LogP contribution in [0.3, 0.4) is 0 Å². The van der Waals surface area contributed by atoms with Crippen LogP contribution in [0, 0.1) is 11.8 Å². The summed E-state index contributed by atoms with van der Waals surface area (Å²) in [6, 6.07) is 10.9. The Balaban J connectivity index is 1.53. The van der Waals surface area contributed by atoms with Gasteiger partial charge in [-0.2, -0.15) is 0 Å². The van der Waals surface area contributed by atoms with E-state index in [2.05, 4.69) is 48.2 Å². The summed E-state index contributed by atoms with van der Waals surface area (Å²) in [5, 5.41) is 0. The van der Waals surface area contributed by atoms with Gasteiger partial charge in [0, 0.05) is 19.6 Å². The van der Waals surface area contributed by atoms with E-state index < -0.39 is 0 Å². The van der Waals surface area contributed by atoms with Crippen molar-refractivity contribution < 1.29 is 0 Å². The quantitative estimate of drug-likeness (QED) is 0.722. The van der Waals surface area contributed by atoms with Gasteiger partial charge in [0.05, 0.1) is 0 Å². The minimum Gasteiger partial charge on any atom is -0.295 e. The van der Waals surface area contributed by atoms with E-state index in [0.717, 1.165) is 24.9 Å². The van der Waals surface area contributed by atoms with Crippen LogP contribution in [0.5, 0.6) is 0 Å². The van der Waals surface area contributed by atoms with Crippen molar-refractivity contribution >= 4 is 0 Å². The fourth-order valence-corrected chi connectivity index (χ4v) is 3.71. The van der Waals surface area contributed by atoms with Crippen molar-refractivity contribution in [1.29, 1.82) is 0 Å². The molecule has 108 valence electrons. The van der Waals surface area contributed by atoms with Crippen LogP contribution in [0.4, 0.5) is 0 Å². The Bertz CT molecular complexity index is 440. The summed E-state index contributed by atoms with van der Waals surface area (Å²) in [6.45, 7) is 5.91. The first-order chi connectivity index (χ1) is 9.81. The molecular formula is C19H27N. The molecule has 1 aromatic carbocycles. The van der Waals surface area contributed by atoms with Crippen molar-refractivity contribution in [2.75, 3.05) is 13.1 Å². The third kappa shape index (κ3) is 3.52. The van der Waals surface area contributed by atoms with E-state index in [4.69, 9.17) is 0 Å². The van der Waals surface area contributed by atoms with Gasteiger partial charge in [-0.05, 0) is 36.7 Å². The first kappa shape index (κ1) is 13.9. The van der Waals surface area contributed by atoms with Crippen LogP contribution in [0.25, 0.3) is 0 Å². The molecule has 1 aromatic rings. The van der Waals surface area contributed by atoms with Gasteiger partial charge in [-0.15, -0.1) is 0 Å². The molecule has 20 heavy (non-hydrogen) atoms. The molecule has 0 aromatic heterocycles. The van der Waals surface area contributed by atoms with Crippen LogP contribution >= 0.6 is 0 Å². The average molecular weight is 269 g/mol. The lowest BCUT2D eigenvalue weighted by Gasteiger charge is -2.33. The molecule has 1 aliphatic heterocycles. The third-order valence-corrected chi connectivity index (χ3v) is 5.12. The number of rotatable bonds is 3. The van der Waals surface area contributed by atoms with Gasteiger partial charge >= 0.3 is 0 Å². The van der Waals surface area contributed by atoms with Crippen molar-refractivity contribution in [2.45, 2.75) is 45.6 Å². The van der Waals surface area contributed by atoms with Gasteiger partial charge in [-0.1, -0.05) is 61.7 Å². The predicted molar refractivity (Wildman–Crippen MR) is 85.5 cm³/mol. The van der Waals surface area contributed by atoms with Gasteiger partial charge in [0.25, 0.3) is 0 Å². The normalized spacial score (nSPS) is 28.1. The Morgan fingerprint density at radius 3 is 2.45 bits per heavy atom. The van der Waals surface area contributed by atoms with Crippen LogP contribution in [-0.2, 0) is 6.54 Å². The largest absolute Gasteiger partial charge is 0.295 e. The van der Waals surface area contributed by atoms with E-state index in [-0.39, 0.29) is 0 Å². The zero-order valence-corrected chi connectivity index (χ0v) is 12.7. The second-order valence-electron chi connectivity index (χ2n) is 6.71. The number of benzene rings is 1. The molecule has 0 radical (unpaired) electrons. The number of nitrogens with zero attached hydrogens (tertiary/aromatic N) is 1. The maximum atomic E-state index is 2.57. The van der Waals surface area contributed by atoms with Crippen molar-refractivity contribution in [3.05, 3.63) is 47.5 Å². The van der Waals surface area contributed by atoms with E-state index >= 15 is 0 Å². The van der Waals surface area contributed by atoms with E-state index in [1.807, 2.05) is 0 Å². The van der Waals surface area contributed by atoms with Crippen molar-refractivity contribution in [1.82, 2.24) is 4.90 Å². The van der Waals surface area contributed by atoms with Crippen molar-refractivity contribution in [3.8, 4) is 0 Å². The monoisotopic (exact) mass is 269 g/mol. The summed E-state index contributed by atoms with van der Waals surface area (Å²) in [5.74, 6) is 1.87. The van der Waals surface area contributed by atoms with Gasteiger partial charge in [-0.25, -0.2) is 0 Å². The van der Waals surface area contributed by atoms with Crippen molar-refractivity contribution in [2.24, 2.45) is 11.8 Å². The maximum absolute atomic E-state index is 2.57. The highest BCUT2D eigenvalue weighted by atomic mass is 15.1. The first-order valence-corrected chi connectivity index (χ1v) is 8.26. The average Bonchev–Trinajstić information content (AvgIpc) is 2.50. The molecule has 2 aliphatic rings. The van der Waals surface area contributed by atoms with Gasteiger partial charge in [0.15, 0.2) is 0 Å². The lowest BCUT2D eigenvalue weighted by molar-refractivity contribution is 0.261. The Labute approximate surface area is 123 Å². The molecule has 3 rings (SSSR count). The van der Waals surface area contributed by atoms with Crippen LogP contribution in [0.1, 0.15) is 44.6 Å². The lowest BCUT2D eigenvalue weighted by atomic mass is 9.77. The Kier molecular flexibility index (Phi) is 4.57. The molecule has 0 unspecified atom stereocenters. The summed E-state index contributed by atoms with van der Waals surface area (Å²) < 4.78 is 0. The second-order valence-corrected chi connectivity index (χ2v) is 6.71. The Morgan fingerprint density at radius 2 is 1.80 bits per heavy atom. The van der Waals surface area contributed by atoms with E-state index in [9.17, 15) is 0 Å². The predicted octanol–water partition coefficient (Wildman–Crippen LogP) is 4.65. The molecule has 0 spiro atoms. The Morgan fingerprint density at radius 1 is 1.05 bits per heavy atom. The Hall–Kier alpha value is -1.08. The molecular weight excluding hydrogens is 242 g/mol. The second kappa shape index (κ2) is 6.58. The summed E-state index contributed by atoms with van der Waals surface area (Å²) in [5.41, 5.74) is 3.21. The molecule has 1 saturated carbocycles. The zero-order chi connectivity index (χ0) is 13.8. The van der Waals surface area contributed by atoms with Gasteiger partial charge in [0.1, 0.15) is 0 Å². The third-order valence-electron chi connectivity index (χ3n) is 5.12. The standard InChI is InChI=1S/C19H27N/c1-16-7-9-18(10-8-16)19-11-13-20(14-12-19)15-17-5-3-2-4-6-17/h2-6,11,16,18H,7-10,12-15H2,1H3. The molecule has 1 heterocycles. The van der Waals surface area contributed by atoms with Gasteiger partial charge < -0.3 is 0 Å². The summed E-state index contributed by atoms with van der Waals surface area (Å²) in [6.07, 6.45) is 9.59. The van der Waals surface area contributed by atoms with Crippen LogP contribution < -0.4 is 0 Å². The fourth-order valence-electron chi connectivity index (χ4n) is 3.71. The fraction of sp³-hybridized carbons (Fsp3) is 0.579. The van der Waals surface area contributed by atoms with Gasteiger partial charge in [0.2, 0.25) is 0 Å². The van der Waals surface area contributed by atoms with Crippen LogP contribution in [0.2, 0.25) is 0 Å². The molecule has 0 saturated heterocycles. The van der Waals surface area contributed by atoms with E-state index in [0.29, 0.717) is 0 Å². The maximum Gasteiger partial charge on any atom is 0.0237 e. The smallest absolute Gasteiger partial charge is 0.0237 e. The minimum atomic E-state index is 0.907. The van der Waals surface area contributed by atoms with Crippen molar-refractivity contribution in [3.63, 3.8) is 0 Å². The van der Waals surface area contributed by atoms with Gasteiger partial charge in [-0.3, -0.25) is 4.90 Å². The molecule has 1 heteroatoms. The highest BCUT2D eigenvalue weighted by Crippen LogP contribution is 2.35. The first-order valence-electron chi connectivity index (χ1n) is 8.26. The lowest BCUT2D eigenvalue weighted by Crippen LogP contribution is -2.30. The highest BCUT2D eigenvalue weighted by Gasteiger charge is 2.23. The molecule has 1 aliphatic carbocycles. The molecule has 0 bridgehead atoms. The highest BCUT2D eigenvalue weighted by molar-refractivity contribution is 5.16. The summed E-state index contributed by atoms with van der Waals surface area (Å²) in [4.78, 5) is 2.57. The molecule has 1 nitrogen and oxygen atoms in total. The zero-order valence-electron chi connectivity index (χ0n) is 12.7. The minimum absolute atomic E-state index is 0.907. The van der Waals surface area contributed by atoms with Crippen LogP contribution in [0.15, 0.2) is 42.0 Å². The van der Waals surface area contributed by atoms with E-state index in [1.54, 1.807) is 5.57 Å². The summed E-state index contributed by atoms with van der Waals surface area (Å²) >= 11 is 0. The SMILES string of the molecule is CC1CCC(C2=CCN(Cc3ccccc3)CC2)CC1.